The van der Waals surface area contributed by atoms with Crippen molar-refractivity contribution in [3.05, 3.63) is 34.4 Å². The molecular weight excluding hydrogens is 232 g/mol. The average molecular weight is 250 g/mol. The van der Waals surface area contributed by atoms with Gasteiger partial charge in [0.1, 0.15) is 5.75 Å². The fourth-order valence-electron chi connectivity index (χ4n) is 2.53. The zero-order chi connectivity index (χ0) is 13.0. The van der Waals surface area contributed by atoms with E-state index in [1.165, 1.54) is 25.0 Å². The van der Waals surface area contributed by atoms with E-state index < -0.39 is 4.92 Å². The topological polar surface area (TPSA) is 78.4 Å². The van der Waals surface area contributed by atoms with Gasteiger partial charge in [-0.1, -0.05) is 12.5 Å². The van der Waals surface area contributed by atoms with E-state index in [0.29, 0.717) is 30.7 Å². The van der Waals surface area contributed by atoms with E-state index in [1.807, 2.05) is 0 Å². The van der Waals surface area contributed by atoms with Gasteiger partial charge in [-0.15, -0.1) is 0 Å². The summed E-state index contributed by atoms with van der Waals surface area (Å²) in [6.45, 7) is 1.30. The molecule has 0 bridgehead atoms. The van der Waals surface area contributed by atoms with Crippen molar-refractivity contribution in [3.63, 3.8) is 0 Å². The lowest BCUT2D eigenvalue weighted by Gasteiger charge is -2.18. The van der Waals surface area contributed by atoms with Crippen LogP contribution in [0.5, 0.6) is 5.75 Å². The third-order valence-electron chi connectivity index (χ3n) is 3.61. The highest BCUT2D eigenvalue weighted by atomic mass is 16.6. The summed E-state index contributed by atoms with van der Waals surface area (Å²) < 4.78 is 5.65. The quantitative estimate of drug-likeness (QED) is 0.642. The van der Waals surface area contributed by atoms with Gasteiger partial charge in [0, 0.05) is 6.07 Å². The average Bonchev–Trinajstić information content (AvgIpc) is 2.84. The van der Waals surface area contributed by atoms with Crippen LogP contribution >= 0.6 is 0 Å². The van der Waals surface area contributed by atoms with Crippen molar-refractivity contribution in [2.24, 2.45) is 17.6 Å². The van der Waals surface area contributed by atoms with Gasteiger partial charge in [-0.2, -0.15) is 0 Å². The number of ether oxygens (including phenoxy) is 1. The lowest BCUT2D eigenvalue weighted by molar-refractivity contribution is -0.384. The van der Waals surface area contributed by atoms with Crippen LogP contribution in [0.3, 0.4) is 0 Å². The normalized spacial score (nSPS) is 22.9. The van der Waals surface area contributed by atoms with Gasteiger partial charge < -0.3 is 10.5 Å². The Labute approximate surface area is 106 Å². The molecule has 2 N–H and O–H groups in total. The van der Waals surface area contributed by atoms with Crippen LogP contribution in [0.1, 0.15) is 19.3 Å². The fraction of sp³-hybridized carbons (Fsp3) is 0.538. The minimum Gasteiger partial charge on any atom is -0.493 e. The molecule has 0 radical (unpaired) electrons. The monoisotopic (exact) mass is 250 g/mol. The summed E-state index contributed by atoms with van der Waals surface area (Å²) in [5.41, 5.74) is 5.78. The smallest absolute Gasteiger partial charge is 0.273 e. The number of rotatable bonds is 5. The molecule has 0 aliphatic heterocycles. The van der Waals surface area contributed by atoms with E-state index in [2.05, 4.69) is 0 Å². The number of nitrogens with zero attached hydrogens (tertiary/aromatic N) is 1. The van der Waals surface area contributed by atoms with Crippen LogP contribution in [0.25, 0.3) is 0 Å². The van der Waals surface area contributed by atoms with Gasteiger partial charge in [-0.25, -0.2) is 0 Å². The summed E-state index contributed by atoms with van der Waals surface area (Å²) in [4.78, 5) is 10.2. The van der Waals surface area contributed by atoms with E-state index in [1.54, 1.807) is 12.1 Å². The van der Waals surface area contributed by atoms with Crippen LogP contribution < -0.4 is 10.5 Å². The molecule has 2 unspecified atom stereocenters. The first-order valence-electron chi connectivity index (χ1n) is 6.28. The van der Waals surface area contributed by atoms with E-state index in [9.17, 15) is 10.1 Å². The molecule has 18 heavy (non-hydrogen) atoms. The first kappa shape index (κ1) is 12.8. The Bertz CT molecular complexity index is 422. The molecule has 1 fully saturated rings. The number of benzene rings is 1. The highest BCUT2D eigenvalue weighted by molar-refractivity contribution is 5.37. The second-order valence-electron chi connectivity index (χ2n) is 4.75. The molecule has 0 spiro atoms. The Morgan fingerprint density at radius 1 is 1.39 bits per heavy atom. The third kappa shape index (κ3) is 2.98. The molecule has 0 saturated heterocycles. The molecule has 1 saturated carbocycles. The number of hydrogen-bond donors (Lipinski definition) is 1. The minimum atomic E-state index is -0.412. The van der Waals surface area contributed by atoms with Crippen molar-refractivity contribution in [1.82, 2.24) is 0 Å². The summed E-state index contributed by atoms with van der Waals surface area (Å²) in [5, 5.41) is 10.6. The minimum absolute atomic E-state index is 0.0642. The summed E-state index contributed by atoms with van der Waals surface area (Å²) >= 11 is 0. The van der Waals surface area contributed by atoms with Gasteiger partial charge in [0.2, 0.25) is 0 Å². The van der Waals surface area contributed by atoms with Crippen LogP contribution in [0.2, 0.25) is 0 Å². The Morgan fingerprint density at radius 3 is 2.89 bits per heavy atom. The van der Waals surface area contributed by atoms with Crippen LogP contribution in [-0.4, -0.2) is 18.1 Å². The van der Waals surface area contributed by atoms with E-state index in [0.717, 1.165) is 6.42 Å². The van der Waals surface area contributed by atoms with Crippen molar-refractivity contribution >= 4 is 5.69 Å². The predicted octanol–water partition coefficient (Wildman–Crippen LogP) is 2.35. The van der Waals surface area contributed by atoms with Crippen molar-refractivity contribution < 1.29 is 9.66 Å². The number of hydrogen-bond acceptors (Lipinski definition) is 4. The van der Waals surface area contributed by atoms with Gasteiger partial charge in [-0.05, 0) is 37.3 Å². The van der Waals surface area contributed by atoms with E-state index in [4.69, 9.17) is 10.5 Å². The van der Waals surface area contributed by atoms with E-state index in [-0.39, 0.29) is 5.69 Å². The highest BCUT2D eigenvalue weighted by Gasteiger charge is 2.26. The predicted molar refractivity (Wildman–Crippen MR) is 68.5 cm³/mol. The van der Waals surface area contributed by atoms with Crippen LogP contribution in [0.15, 0.2) is 24.3 Å². The van der Waals surface area contributed by atoms with Gasteiger partial charge in [0.15, 0.2) is 0 Å². The fourth-order valence-corrected chi connectivity index (χ4v) is 2.53. The Balaban J connectivity index is 1.93. The zero-order valence-electron chi connectivity index (χ0n) is 10.2. The Hall–Kier alpha value is -1.62. The molecule has 0 amide bonds. The second kappa shape index (κ2) is 5.82. The maximum atomic E-state index is 10.6. The number of nitro benzene ring substituents is 1. The molecule has 2 atom stereocenters. The molecule has 1 aliphatic carbocycles. The zero-order valence-corrected chi connectivity index (χ0v) is 10.2. The molecule has 0 heterocycles. The molecular formula is C13H18N2O3. The summed E-state index contributed by atoms with van der Waals surface area (Å²) in [6.07, 6.45) is 3.50. The van der Waals surface area contributed by atoms with Crippen molar-refractivity contribution in [3.8, 4) is 5.75 Å². The third-order valence-corrected chi connectivity index (χ3v) is 3.61. The lowest BCUT2D eigenvalue weighted by Crippen LogP contribution is -2.23. The summed E-state index contributed by atoms with van der Waals surface area (Å²) in [5.74, 6) is 1.57. The van der Waals surface area contributed by atoms with Crippen molar-refractivity contribution in [2.75, 3.05) is 13.2 Å². The van der Waals surface area contributed by atoms with Gasteiger partial charge in [0.05, 0.1) is 17.6 Å². The van der Waals surface area contributed by atoms with Gasteiger partial charge >= 0.3 is 0 Å². The van der Waals surface area contributed by atoms with Crippen molar-refractivity contribution in [2.45, 2.75) is 19.3 Å². The second-order valence-corrected chi connectivity index (χ2v) is 4.75. The standard InChI is InChI=1S/C13H18N2O3/c14-8-10-3-1-4-11(10)9-18-13-6-2-5-12(7-13)15(16)17/h2,5-7,10-11H,1,3-4,8-9,14H2. The van der Waals surface area contributed by atoms with Crippen LogP contribution in [-0.2, 0) is 0 Å². The summed E-state index contributed by atoms with van der Waals surface area (Å²) in [7, 11) is 0. The van der Waals surface area contributed by atoms with Gasteiger partial charge in [0.25, 0.3) is 5.69 Å². The Kier molecular flexibility index (Phi) is 4.15. The van der Waals surface area contributed by atoms with Crippen LogP contribution in [0.4, 0.5) is 5.69 Å². The van der Waals surface area contributed by atoms with Gasteiger partial charge in [-0.3, -0.25) is 10.1 Å². The molecule has 1 aliphatic rings. The number of non-ortho nitro benzene ring substituents is 1. The molecule has 1 aromatic carbocycles. The SMILES string of the molecule is NCC1CCCC1COc1cccc([N+](=O)[O-])c1. The first-order chi connectivity index (χ1) is 8.70. The molecule has 2 rings (SSSR count). The molecule has 98 valence electrons. The highest BCUT2D eigenvalue weighted by Crippen LogP contribution is 2.31. The molecule has 1 aromatic rings. The number of nitro groups is 1. The molecule has 5 heteroatoms. The summed E-state index contributed by atoms with van der Waals surface area (Å²) in [6, 6.07) is 6.32. The number of nitrogens with two attached hydrogens (primary N) is 1. The Morgan fingerprint density at radius 2 is 2.17 bits per heavy atom. The van der Waals surface area contributed by atoms with Crippen LogP contribution in [0, 0.1) is 22.0 Å². The van der Waals surface area contributed by atoms with E-state index >= 15 is 0 Å². The lowest BCUT2D eigenvalue weighted by atomic mass is 9.97. The van der Waals surface area contributed by atoms with Crippen molar-refractivity contribution in [1.29, 1.82) is 0 Å². The maximum Gasteiger partial charge on any atom is 0.273 e. The first-order valence-corrected chi connectivity index (χ1v) is 6.28. The molecule has 0 aromatic heterocycles. The molecule has 5 nitrogen and oxygen atoms in total. The largest absolute Gasteiger partial charge is 0.493 e. The maximum absolute atomic E-state index is 10.6.